The lowest BCUT2D eigenvalue weighted by Gasteiger charge is -2.19. The maximum absolute atomic E-state index is 11.2. The molecule has 0 fully saturated rings. The van der Waals surface area contributed by atoms with E-state index < -0.39 is 11.9 Å². The van der Waals surface area contributed by atoms with Gasteiger partial charge in [0.15, 0.2) is 0 Å². The molecule has 0 heterocycles. The van der Waals surface area contributed by atoms with Crippen molar-refractivity contribution >= 4 is 23.4 Å². The third-order valence-corrected chi connectivity index (χ3v) is 4.34. The molecular formula is C24H28N2O4. The van der Waals surface area contributed by atoms with Gasteiger partial charge in [0.2, 0.25) is 0 Å². The summed E-state index contributed by atoms with van der Waals surface area (Å²) in [4.78, 5) is 31.6. The zero-order valence-corrected chi connectivity index (χ0v) is 18.4. The number of rotatable bonds is 6. The van der Waals surface area contributed by atoms with Gasteiger partial charge in [-0.2, -0.15) is 0 Å². The summed E-state index contributed by atoms with van der Waals surface area (Å²) in [6.07, 6.45) is 0.264. The molecule has 6 nitrogen and oxygen atoms in total. The fourth-order valence-electron chi connectivity index (χ4n) is 2.74. The van der Waals surface area contributed by atoms with Crippen LogP contribution in [0.3, 0.4) is 0 Å². The maximum atomic E-state index is 11.2. The largest absolute Gasteiger partial charge is 0.331 e. The van der Waals surface area contributed by atoms with Gasteiger partial charge in [0.1, 0.15) is 0 Å². The quantitative estimate of drug-likeness (QED) is 0.372. The Morgan fingerprint density at radius 1 is 0.767 bits per heavy atom. The van der Waals surface area contributed by atoms with Crippen LogP contribution in [0.25, 0.3) is 11.1 Å². The van der Waals surface area contributed by atoms with Crippen LogP contribution in [-0.4, -0.2) is 23.4 Å². The van der Waals surface area contributed by atoms with Gasteiger partial charge in [-0.15, -0.1) is 0 Å². The molecule has 0 aromatic heterocycles. The molecule has 0 bridgehead atoms. The first kappa shape index (κ1) is 23.0. The molecule has 0 unspecified atom stereocenters. The molecule has 0 saturated carbocycles. The Morgan fingerprint density at radius 3 is 1.70 bits per heavy atom. The van der Waals surface area contributed by atoms with E-state index in [0.717, 1.165) is 16.7 Å². The Balaban J connectivity index is 2.26. The molecule has 2 aromatic rings. The van der Waals surface area contributed by atoms with E-state index in [-0.39, 0.29) is 11.8 Å². The van der Waals surface area contributed by atoms with Gasteiger partial charge >= 0.3 is 11.9 Å². The van der Waals surface area contributed by atoms with Gasteiger partial charge in [-0.25, -0.2) is 9.59 Å². The smallest absolute Gasteiger partial charge is 0.319 e. The van der Waals surface area contributed by atoms with Crippen molar-refractivity contribution in [1.29, 1.82) is 0 Å². The molecule has 0 atom stereocenters. The van der Waals surface area contributed by atoms with Crippen molar-refractivity contribution in [1.82, 2.24) is 0 Å². The number of hydrogen-bond donors (Lipinski definition) is 0. The van der Waals surface area contributed by atoms with Crippen LogP contribution in [0.4, 0.5) is 0 Å². The number of benzene rings is 2. The molecule has 2 rings (SSSR count). The highest BCUT2D eigenvalue weighted by Crippen LogP contribution is 2.26. The van der Waals surface area contributed by atoms with Crippen LogP contribution in [0.5, 0.6) is 0 Å². The molecule has 0 radical (unpaired) electrons. The lowest BCUT2D eigenvalue weighted by atomic mass is 9.86. The third-order valence-electron chi connectivity index (χ3n) is 4.34. The first-order chi connectivity index (χ1) is 14.1. The summed E-state index contributed by atoms with van der Waals surface area (Å²) in [6, 6.07) is 16.3. The number of hydrogen-bond acceptors (Lipinski definition) is 6. The Bertz CT molecular complexity index is 950. The van der Waals surface area contributed by atoms with Crippen molar-refractivity contribution in [2.24, 2.45) is 10.3 Å². The molecule has 0 spiro atoms. The van der Waals surface area contributed by atoms with Crippen LogP contribution < -0.4 is 0 Å². The molecule has 6 heteroatoms. The number of nitrogens with zero attached hydrogens (tertiary/aromatic N) is 2. The van der Waals surface area contributed by atoms with Crippen LogP contribution >= 0.6 is 0 Å². The topological polar surface area (TPSA) is 77.3 Å². The summed E-state index contributed by atoms with van der Waals surface area (Å²) >= 11 is 0. The average molecular weight is 408 g/mol. The number of oxime groups is 2. The standard InChI is InChI=1S/C24H28N2O4/c1-16(25-29-17(2)27)15-23(26-30-18(3)28)21-9-7-19(8-10-21)20-11-13-22(14-12-20)24(4,5)6/h7-14H,15H2,1-6H3/b25-16+,26-23-. The third kappa shape index (κ3) is 6.95. The van der Waals surface area contributed by atoms with E-state index in [4.69, 9.17) is 4.84 Å². The van der Waals surface area contributed by atoms with Crippen LogP contribution in [0.15, 0.2) is 58.8 Å². The average Bonchev–Trinajstić information content (AvgIpc) is 2.69. The highest BCUT2D eigenvalue weighted by Gasteiger charge is 2.13. The Labute approximate surface area is 177 Å². The monoisotopic (exact) mass is 408 g/mol. The first-order valence-corrected chi connectivity index (χ1v) is 9.73. The molecule has 0 aliphatic heterocycles. The highest BCUT2D eigenvalue weighted by molar-refractivity contribution is 6.12. The predicted molar refractivity (Wildman–Crippen MR) is 118 cm³/mol. The van der Waals surface area contributed by atoms with Crippen LogP contribution in [0.1, 0.15) is 59.1 Å². The van der Waals surface area contributed by atoms with Gasteiger partial charge in [-0.1, -0.05) is 79.6 Å². The highest BCUT2D eigenvalue weighted by atomic mass is 16.7. The predicted octanol–water partition coefficient (Wildman–Crippen LogP) is 5.25. The molecule has 158 valence electrons. The maximum Gasteiger partial charge on any atom is 0.331 e. The van der Waals surface area contributed by atoms with Crippen molar-refractivity contribution in [2.45, 2.75) is 53.4 Å². The summed E-state index contributed by atoms with van der Waals surface area (Å²) in [6.45, 7) is 10.8. The molecule has 0 aliphatic rings. The minimum Gasteiger partial charge on any atom is -0.319 e. The summed E-state index contributed by atoms with van der Waals surface area (Å²) in [5, 5.41) is 7.70. The summed E-state index contributed by atoms with van der Waals surface area (Å²) < 4.78 is 0. The zero-order valence-electron chi connectivity index (χ0n) is 18.4. The SMILES string of the molecule is CC(=O)O/N=C(/C/C(C)=N/OC(C)=O)c1ccc(-c2ccc(C(C)(C)C)cc2)cc1. The molecular weight excluding hydrogens is 380 g/mol. The van der Waals surface area contributed by atoms with Gasteiger partial charge in [0, 0.05) is 20.3 Å². The molecule has 0 saturated heterocycles. The molecule has 0 aliphatic carbocycles. The van der Waals surface area contributed by atoms with Gasteiger partial charge < -0.3 is 9.68 Å². The molecule has 2 aromatic carbocycles. The fraction of sp³-hybridized carbons (Fsp3) is 0.333. The van der Waals surface area contributed by atoms with Crippen molar-refractivity contribution < 1.29 is 19.3 Å². The molecule has 0 N–H and O–H groups in total. The normalized spacial score (nSPS) is 12.5. The van der Waals surface area contributed by atoms with Crippen LogP contribution in [0.2, 0.25) is 0 Å². The van der Waals surface area contributed by atoms with E-state index in [1.165, 1.54) is 19.4 Å². The zero-order chi connectivity index (χ0) is 22.3. The summed E-state index contributed by atoms with van der Waals surface area (Å²) in [5.74, 6) is -1.02. The lowest BCUT2D eigenvalue weighted by Crippen LogP contribution is -2.10. The van der Waals surface area contributed by atoms with Crippen molar-refractivity contribution in [2.75, 3.05) is 0 Å². The van der Waals surface area contributed by atoms with E-state index >= 15 is 0 Å². The lowest BCUT2D eigenvalue weighted by molar-refractivity contribution is -0.141. The minimum absolute atomic E-state index is 0.107. The van der Waals surface area contributed by atoms with E-state index in [1.54, 1.807) is 6.92 Å². The second kappa shape index (κ2) is 9.96. The minimum atomic E-state index is -0.516. The van der Waals surface area contributed by atoms with Crippen molar-refractivity contribution in [3.05, 3.63) is 59.7 Å². The van der Waals surface area contributed by atoms with E-state index in [0.29, 0.717) is 11.4 Å². The summed E-state index contributed by atoms with van der Waals surface area (Å²) in [5.41, 5.74) is 5.38. The number of carbonyl (C=O) groups is 2. The van der Waals surface area contributed by atoms with E-state index in [1.807, 2.05) is 24.3 Å². The molecule has 30 heavy (non-hydrogen) atoms. The van der Waals surface area contributed by atoms with Crippen molar-refractivity contribution in [3.63, 3.8) is 0 Å². The van der Waals surface area contributed by atoms with E-state index in [2.05, 4.69) is 60.2 Å². The molecule has 0 amide bonds. The van der Waals surface area contributed by atoms with Crippen molar-refractivity contribution in [3.8, 4) is 11.1 Å². The Hall–Kier alpha value is -3.28. The van der Waals surface area contributed by atoms with Crippen LogP contribution in [0, 0.1) is 0 Å². The van der Waals surface area contributed by atoms with Crippen LogP contribution in [-0.2, 0) is 24.7 Å². The second-order valence-corrected chi connectivity index (χ2v) is 8.11. The first-order valence-electron chi connectivity index (χ1n) is 9.73. The fourth-order valence-corrected chi connectivity index (χ4v) is 2.74. The summed E-state index contributed by atoms with van der Waals surface area (Å²) in [7, 11) is 0. The second-order valence-electron chi connectivity index (χ2n) is 8.11. The van der Waals surface area contributed by atoms with Gasteiger partial charge in [-0.05, 0) is 34.6 Å². The van der Waals surface area contributed by atoms with E-state index in [9.17, 15) is 9.59 Å². The van der Waals surface area contributed by atoms with Gasteiger partial charge in [-0.3, -0.25) is 0 Å². The number of carbonyl (C=O) groups excluding carboxylic acids is 2. The Kier molecular flexibility index (Phi) is 7.64. The van der Waals surface area contributed by atoms with Gasteiger partial charge in [0.05, 0.1) is 11.4 Å². The Morgan fingerprint density at radius 2 is 1.23 bits per heavy atom. The van der Waals surface area contributed by atoms with Gasteiger partial charge in [0.25, 0.3) is 0 Å².